The Balaban J connectivity index is 0. The van der Waals surface area contributed by atoms with Crippen LogP contribution in [0.5, 0.6) is 0 Å². The molecule has 0 aliphatic rings. The highest BCUT2D eigenvalue weighted by molar-refractivity contribution is 5.67. The van der Waals surface area contributed by atoms with E-state index in [9.17, 15) is 9.59 Å². The first-order valence-corrected chi connectivity index (χ1v) is 9.59. The minimum atomic E-state index is -0.870. The van der Waals surface area contributed by atoms with Gasteiger partial charge in [-0.3, -0.25) is 9.59 Å². The summed E-state index contributed by atoms with van der Waals surface area (Å²) >= 11 is 0. The van der Waals surface area contributed by atoms with Crippen molar-refractivity contribution in [3.8, 4) is 0 Å². The molecule has 0 amide bonds. The molecule has 1 unspecified atom stereocenters. The molecule has 0 saturated heterocycles. The summed E-state index contributed by atoms with van der Waals surface area (Å²) in [5.74, 6) is -1.74. The second-order valence-electron chi connectivity index (χ2n) is 6.59. The summed E-state index contributed by atoms with van der Waals surface area (Å²) < 4.78 is 0. The number of hydrogen-bond donors (Lipinski definition) is 3. The molecule has 0 rings (SSSR count). The molecule has 0 spiro atoms. The number of carbonyl (C=O) groups is 2. The molecule has 0 saturated carbocycles. The molecule has 0 aliphatic heterocycles. The van der Waals surface area contributed by atoms with Gasteiger partial charge in [-0.1, -0.05) is 64.7 Å². The number of carboxylic acid groups (broad SMARTS) is 2. The van der Waals surface area contributed by atoms with E-state index in [0.29, 0.717) is 18.9 Å². The Morgan fingerprint density at radius 3 is 1.46 bits per heavy atom. The summed E-state index contributed by atoms with van der Waals surface area (Å²) in [5.41, 5.74) is 5.69. The summed E-state index contributed by atoms with van der Waals surface area (Å²) in [6.45, 7) is 4.37. The van der Waals surface area contributed by atoms with Crippen molar-refractivity contribution >= 4 is 11.9 Å². The number of nitrogens with two attached hydrogens (primary N) is 1. The van der Waals surface area contributed by atoms with Gasteiger partial charge in [-0.25, -0.2) is 0 Å². The smallest absolute Gasteiger partial charge is 0.303 e. The van der Waals surface area contributed by atoms with Gasteiger partial charge in [0.2, 0.25) is 0 Å². The van der Waals surface area contributed by atoms with E-state index in [2.05, 4.69) is 13.8 Å². The highest BCUT2D eigenvalue weighted by Crippen LogP contribution is 2.10. The van der Waals surface area contributed by atoms with Crippen molar-refractivity contribution in [1.82, 2.24) is 0 Å². The van der Waals surface area contributed by atoms with E-state index in [1.54, 1.807) is 0 Å². The lowest BCUT2D eigenvalue weighted by Crippen LogP contribution is -2.13. The van der Waals surface area contributed by atoms with E-state index in [4.69, 9.17) is 15.9 Å². The zero-order chi connectivity index (χ0) is 18.6. The molecule has 5 nitrogen and oxygen atoms in total. The molecule has 0 fully saturated rings. The predicted molar refractivity (Wildman–Crippen MR) is 99.2 cm³/mol. The van der Waals surface area contributed by atoms with Crippen LogP contribution in [0.4, 0.5) is 0 Å². The molecule has 144 valence electrons. The fourth-order valence-electron chi connectivity index (χ4n) is 2.33. The van der Waals surface area contributed by atoms with E-state index in [-0.39, 0.29) is 12.8 Å². The van der Waals surface area contributed by atoms with Crippen LogP contribution in [0.3, 0.4) is 0 Å². The molecule has 1 atom stereocenters. The quantitative estimate of drug-likeness (QED) is 0.364. The van der Waals surface area contributed by atoms with Crippen LogP contribution >= 0.6 is 0 Å². The predicted octanol–water partition coefficient (Wildman–Crippen LogP) is 4.97. The van der Waals surface area contributed by atoms with Crippen molar-refractivity contribution in [2.75, 3.05) is 0 Å². The number of rotatable bonds is 15. The van der Waals surface area contributed by atoms with Crippen molar-refractivity contribution in [3.05, 3.63) is 0 Å². The van der Waals surface area contributed by atoms with Crippen molar-refractivity contribution in [2.24, 2.45) is 5.73 Å². The number of hydrogen-bond acceptors (Lipinski definition) is 3. The highest BCUT2D eigenvalue weighted by atomic mass is 16.4. The Morgan fingerprint density at radius 2 is 1.12 bits per heavy atom. The molecular formula is C19H39NO4. The summed E-state index contributed by atoms with van der Waals surface area (Å²) in [6, 6.07) is 0.402. The maximum atomic E-state index is 9.90. The van der Waals surface area contributed by atoms with Gasteiger partial charge in [0.25, 0.3) is 0 Å². The molecule has 4 N–H and O–H groups in total. The van der Waals surface area contributed by atoms with Gasteiger partial charge in [0, 0.05) is 18.9 Å². The minimum absolute atomic E-state index is 0.0628. The first-order chi connectivity index (χ1) is 11.4. The average Bonchev–Trinajstić information content (AvgIpc) is 2.50. The van der Waals surface area contributed by atoms with Gasteiger partial charge >= 0.3 is 11.9 Å². The third kappa shape index (κ3) is 29.0. The molecule has 24 heavy (non-hydrogen) atoms. The van der Waals surface area contributed by atoms with Gasteiger partial charge in [-0.05, 0) is 26.2 Å². The molecule has 0 bridgehead atoms. The Labute approximate surface area is 148 Å². The maximum absolute atomic E-state index is 9.90. The van der Waals surface area contributed by atoms with Gasteiger partial charge in [0.1, 0.15) is 0 Å². The average molecular weight is 346 g/mol. The van der Waals surface area contributed by atoms with Crippen molar-refractivity contribution in [2.45, 2.75) is 110 Å². The molecule has 5 heteroatoms. The third-order valence-corrected chi connectivity index (χ3v) is 3.79. The molecule has 0 aromatic carbocycles. The van der Waals surface area contributed by atoms with Crippen LogP contribution in [0.15, 0.2) is 0 Å². The normalized spacial score (nSPS) is 11.5. The third-order valence-electron chi connectivity index (χ3n) is 3.79. The monoisotopic (exact) mass is 345 g/mol. The van der Waals surface area contributed by atoms with Crippen LogP contribution in [0, 0.1) is 0 Å². The Bertz CT molecular complexity index is 277. The summed E-state index contributed by atoms with van der Waals surface area (Å²) in [4.78, 5) is 19.8. The van der Waals surface area contributed by atoms with E-state index < -0.39 is 11.9 Å². The van der Waals surface area contributed by atoms with Crippen molar-refractivity contribution in [3.63, 3.8) is 0 Å². The van der Waals surface area contributed by atoms with Crippen LogP contribution in [0.1, 0.15) is 104 Å². The summed E-state index contributed by atoms with van der Waals surface area (Å²) in [6.07, 6.45) is 14.9. The Hall–Kier alpha value is -1.10. The largest absolute Gasteiger partial charge is 0.481 e. The molecule has 0 aromatic rings. The SMILES string of the molecule is CCCCCCCCCCCC(C)N.O=C(O)CCCCC(=O)O. The lowest BCUT2D eigenvalue weighted by atomic mass is 10.1. The van der Waals surface area contributed by atoms with Gasteiger partial charge in [0.05, 0.1) is 0 Å². The first-order valence-electron chi connectivity index (χ1n) is 9.59. The Kier molecular flexibility index (Phi) is 20.9. The van der Waals surface area contributed by atoms with Crippen LogP contribution < -0.4 is 5.73 Å². The maximum Gasteiger partial charge on any atom is 0.303 e. The van der Waals surface area contributed by atoms with Crippen LogP contribution in [0.25, 0.3) is 0 Å². The van der Waals surface area contributed by atoms with Crippen LogP contribution in [-0.2, 0) is 9.59 Å². The second kappa shape index (κ2) is 19.9. The molecule has 0 heterocycles. The standard InChI is InChI=1S/C13H29N.C6H10O4/c1-3-4-5-6-7-8-9-10-11-12-13(2)14;7-5(8)3-1-2-4-6(9)10/h13H,3-12,14H2,1-2H3;1-4H2,(H,7,8)(H,9,10). The van der Waals surface area contributed by atoms with Gasteiger partial charge < -0.3 is 15.9 Å². The first kappa shape index (κ1) is 25.1. The molecular weight excluding hydrogens is 306 g/mol. The van der Waals surface area contributed by atoms with E-state index in [1.165, 1.54) is 64.2 Å². The molecule has 0 aliphatic carbocycles. The van der Waals surface area contributed by atoms with Gasteiger partial charge in [0.15, 0.2) is 0 Å². The van der Waals surface area contributed by atoms with Crippen LogP contribution in [0.2, 0.25) is 0 Å². The fourth-order valence-corrected chi connectivity index (χ4v) is 2.33. The van der Waals surface area contributed by atoms with Crippen molar-refractivity contribution in [1.29, 1.82) is 0 Å². The Morgan fingerprint density at radius 1 is 0.750 bits per heavy atom. The number of unbranched alkanes of at least 4 members (excludes halogenated alkanes) is 9. The summed E-state index contributed by atoms with van der Waals surface area (Å²) in [7, 11) is 0. The lowest BCUT2D eigenvalue weighted by molar-refractivity contribution is -0.139. The van der Waals surface area contributed by atoms with E-state index >= 15 is 0 Å². The summed E-state index contributed by atoms with van der Waals surface area (Å²) in [5, 5.41) is 16.3. The molecule has 0 aromatic heterocycles. The number of carboxylic acids is 2. The highest BCUT2D eigenvalue weighted by Gasteiger charge is 1.99. The van der Waals surface area contributed by atoms with E-state index in [0.717, 1.165) is 0 Å². The zero-order valence-electron chi connectivity index (χ0n) is 15.8. The van der Waals surface area contributed by atoms with Gasteiger partial charge in [-0.2, -0.15) is 0 Å². The number of aliphatic carboxylic acids is 2. The topological polar surface area (TPSA) is 101 Å². The molecule has 0 radical (unpaired) electrons. The van der Waals surface area contributed by atoms with Gasteiger partial charge in [-0.15, -0.1) is 0 Å². The van der Waals surface area contributed by atoms with Crippen LogP contribution in [-0.4, -0.2) is 28.2 Å². The minimum Gasteiger partial charge on any atom is -0.481 e. The zero-order valence-corrected chi connectivity index (χ0v) is 15.8. The second-order valence-corrected chi connectivity index (χ2v) is 6.59. The lowest BCUT2D eigenvalue weighted by Gasteiger charge is -2.04. The van der Waals surface area contributed by atoms with E-state index in [1.807, 2.05) is 0 Å². The van der Waals surface area contributed by atoms with Crippen molar-refractivity contribution < 1.29 is 19.8 Å². The fraction of sp³-hybridized carbons (Fsp3) is 0.895.